The van der Waals surface area contributed by atoms with Gasteiger partial charge in [-0.3, -0.25) is 14.7 Å². The van der Waals surface area contributed by atoms with E-state index in [9.17, 15) is 4.79 Å². The molecular weight excluding hydrogens is 492 g/mol. The van der Waals surface area contributed by atoms with Crippen molar-refractivity contribution in [2.45, 2.75) is 19.4 Å². The van der Waals surface area contributed by atoms with E-state index in [0.29, 0.717) is 46.5 Å². The van der Waals surface area contributed by atoms with Crippen LogP contribution >= 0.6 is 11.6 Å². The number of aryl methyl sites for hydroxylation is 1. The van der Waals surface area contributed by atoms with Gasteiger partial charge in [0.15, 0.2) is 0 Å². The Morgan fingerprint density at radius 3 is 2.65 bits per heavy atom. The number of pyridine rings is 1. The molecule has 1 amide bonds. The fraction of sp³-hybridized carbons (Fsp3) is 0.148. The van der Waals surface area contributed by atoms with E-state index in [4.69, 9.17) is 26.0 Å². The van der Waals surface area contributed by atoms with Crippen molar-refractivity contribution in [1.29, 1.82) is 5.26 Å². The highest BCUT2D eigenvalue weighted by Crippen LogP contribution is 2.27. The zero-order chi connectivity index (χ0) is 25.8. The molecule has 37 heavy (non-hydrogen) atoms. The first-order valence-electron chi connectivity index (χ1n) is 11.4. The number of aliphatic imine (C=N–C) groups is 1. The highest BCUT2D eigenvalue weighted by Gasteiger charge is 2.36. The molecule has 0 saturated heterocycles. The summed E-state index contributed by atoms with van der Waals surface area (Å²) in [6, 6.07) is 21.4. The molecule has 1 aliphatic rings. The summed E-state index contributed by atoms with van der Waals surface area (Å²) >= 11 is 6.04. The molecule has 0 spiro atoms. The molecule has 9 nitrogen and oxygen atoms in total. The number of nitrogens with one attached hydrogen (secondary N) is 1. The van der Waals surface area contributed by atoms with Gasteiger partial charge >= 0.3 is 0 Å². The quantitative estimate of drug-likeness (QED) is 0.373. The summed E-state index contributed by atoms with van der Waals surface area (Å²) in [7, 11) is 0. The molecule has 2 aromatic carbocycles. The normalized spacial score (nSPS) is 15.2. The Morgan fingerprint density at radius 1 is 1.16 bits per heavy atom. The van der Waals surface area contributed by atoms with Crippen molar-refractivity contribution in [1.82, 2.24) is 14.9 Å². The van der Waals surface area contributed by atoms with Crippen LogP contribution < -0.4 is 10.1 Å². The van der Waals surface area contributed by atoms with E-state index in [1.54, 1.807) is 72.6 Å². The van der Waals surface area contributed by atoms with Crippen LogP contribution in [-0.4, -0.2) is 33.3 Å². The zero-order valence-electron chi connectivity index (χ0n) is 19.8. The van der Waals surface area contributed by atoms with Gasteiger partial charge in [-0.05, 0) is 55.0 Å². The van der Waals surface area contributed by atoms with Crippen molar-refractivity contribution in [2.24, 2.45) is 4.99 Å². The lowest BCUT2D eigenvalue weighted by Gasteiger charge is -2.31. The second kappa shape index (κ2) is 10.5. The van der Waals surface area contributed by atoms with E-state index in [-0.39, 0.29) is 18.1 Å². The summed E-state index contributed by atoms with van der Waals surface area (Å²) in [6.45, 7) is 2.29. The minimum absolute atomic E-state index is 0.169. The smallest absolute Gasteiger partial charge is 0.244 e. The molecule has 5 rings (SSSR count). The van der Waals surface area contributed by atoms with Crippen LogP contribution in [0, 0.1) is 18.3 Å². The van der Waals surface area contributed by atoms with Crippen LogP contribution in [0.3, 0.4) is 0 Å². The number of hydrogen-bond acceptors (Lipinski definition) is 8. The van der Waals surface area contributed by atoms with Gasteiger partial charge in [-0.1, -0.05) is 29.8 Å². The molecule has 1 atom stereocenters. The maximum Gasteiger partial charge on any atom is 0.244 e. The molecule has 0 fully saturated rings. The molecule has 1 unspecified atom stereocenters. The van der Waals surface area contributed by atoms with Crippen molar-refractivity contribution in [3.8, 4) is 17.7 Å². The first-order valence-corrected chi connectivity index (χ1v) is 11.8. The van der Waals surface area contributed by atoms with Crippen molar-refractivity contribution in [2.75, 3.05) is 11.9 Å². The van der Waals surface area contributed by atoms with Gasteiger partial charge in [-0.15, -0.1) is 0 Å². The maximum absolute atomic E-state index is 13.5. The summed E-state index contributed by atoms with van der Waals surface area (Å²) in [6.07, 6.45) is 1.60. The lowest BCUT2D eigenvalue weighted by molar-refractivity contribution is -0.130. The SMILES string of the molecule is Cc1cnc(C2CN=C(Nc3ccc(Oc4cccc(C#N)n4)cc3)N(Cc3ccc(Cl)cc3)C2=O)o1. The van der Waals surface area contributed by atoms with E-state index < -0.39 is 5.92 Å². The Hall–Kier alpha value is -4.68. The van der Waals surface area contributed by atoms with E-state index >= 15 is 0 Å². The number of ether oxygens (including phenoxy) is 1. The third-order valence-electron chi connectivity index (χ3n) is 5.61. The number of carbonyl (C=O) groups excluding carboxylic acids is 1. The number of guanidine groups is 1. The molecule has 0 aliphatic carbocycles. The van der Waals surface area contributed by atoms with Crippen molar-refractivity contribution < 1.29 is 13.9 Å². The van der Waals surface area contributed by atoms with Crippen LogP contribution in [-0.2, 0) is 11.3 Å². The van der Waals surface area contributed by atoms with Crippen LogP contribution in [0.25, 0.3) is 0 Å². The van der Waals surface area contributed by atoms with Crippen molar-refractivity contribution in [3.05, 3.63) is 101 Å². The van der Waals surface area contributed by atoms with E-state index in [1.165, 1.54) is 0 Å². The molecular formula is C27H21ClN6O3. The summed E-state index contributed by atoms with van der Waals surface area (Å²) in [5, 5.41) is 12.9. The minimum Gasteiger partial charge on any atom is -0.445 e. The number of carbonyl (C=O) groups is 1. The lowest BCUT2D eigenvalue weighted by Crippen LogP contribution is -2.47. The number of hydrogen-bond donors (Lipinski definition) is 1. The molecule has 0 radical (unpaired) electrons. The molecule has 3 heterocycles. The Kier molecular flexibility index (Phi) is 6.83. The van der Waals surface area contributed by atoms with Gasteiger partial charge in [0.2, 0.25) is 23.6 Å². The predicted molar refractivity (Wildman–Crippen MR) is 137 cm³/mol. The van der Waals surface area contributed by atoms with E-state index in [0.717, 1.165) is 5.56 Å². The van der Waals surface area contributed by atoms with E-state index in [1.807, 2.05) is 18.2 Å². The highest BCUT2D eigenvalue weighted by atomic mass is 35.5. The summed E-state index contributed by atoms with van der Waals surface area (Å²) in [4.78, 5) is 28.2. The highest BCUT2D eigenvalue weighted by molar-refractivity contribution is 6.30. The van der Waals surface area contributed by atoms with Gasteiger partial charge in [0, 0.05) is 16.8 Å². The topological polar surface area (TPSA) is 117 Å². The molecule has 4 aromatic rings. The van der Waals surface area contributed by atoms with Crippen LogP contribution in [0.2, 0.25) is 5.02 Å². The van der Waals surface area contributed by atoms with Crippen molar-refractivity contribution >= 4 is 29.2 Å². The Morgan fingerprint density at radius 2 is 1.95 bits per heavy atom. The van der Waals surface area contributed by atoms with Crippen molar-refractivity contribution in [3.63, 3.8) is 0 Å². The molecule has 2 aromatic heterocycles. The number of halogens is 1. The number of benzene rings is 2. The first-order chi connectivity index (χ1) is 18.0. The van der Waals surface area contributed by atoms with Gasteiger partial charge in [-0.2, -0.15) is 5.26 Å². The lowest BCUT2D eigenvalue weighted by atomic mass is 10.1. The van der Waals surface area contributed by atoms with Gasteiger partial charge in [0.05, 0.1) is 19.3 Å². The maximum atomic E-state index is 13.5. The predicted octanol–water partition coefficient (Wildman–Crippen LogP) is 5.29. The Labute approximate surface area is 218 Å². The number of nitrogens with zero attached hydrogens (tertiary/aromatic N) is 5. The molecule has 184 valence electrons. The largest absolute Gasteiger partial charge is 0.445 e. The molecule has 10 heteroatoms. The van der Waals surface area contributed by atoms with Crippen LogP contribution in [0.15, 0.2) is 82.3 Å². The molecule has 0 saturated carbocycles. The number of anilines is 1. The molecule has 1 aliphatic heterocycles. The van der Waals surface area contributed by atoms with Crippen LogP contribution in [0.5, 0.6) is 11.6 Å². The first kappa shape index (κ1) is 24.0. The third-order valence-corrected chi connectivity index (χ3v) is 5.86. The third kappa shape index (κ3) is 5.60. The monoisotopic (exact) mass is 512 g/mol. The Balaban J connectivity index is 1.36. The van der Waals surface area contributed by atoms with E-state index in [2.05, 4.69) is 20.3 Å². The number of oxazole rings is 1. The summed E-state index contributed by atoms with van der Waals surface area (Å²) < 4.78 is 11.4. The number of amides is 1. The summed E-state index contributed by atoms with van der Waals surface area (Å²) in [5.41, 5.74) is 1.88. The average Bonchev–Trinajstić information content (AvgIpc) is 3.34. The summed E-state index contributed by atoms with van der Waals surface area (Å²) in [5.74, 6) is 1.49. The molecule has 0 bridgehead atoms. The number of rotatable bonds is 6. The number of aromatic nitrogens is 2. The minimum atomic E-state index is -0.612. The fourth-order valence-corrected chi connectivity index (χ4v) is 3.90. The van der Waals surface area contributed by atoms with Gasteiger partial charge in [0.25, 0.3) is 0 Å². The Bertz CT molecular complexity index is 1490. The standard InChI is InChI=1S/C27H21ClN6O3/c1-17-14-30-25(36-17)23-15-31-27(34(26(23)35)16-18-5-7-19(28)8-6-18)33-20-9-11-22(12-10-20)37-24-4-2-3-21(13-29)32-24/h2-12,14,23H,15-16H2,1H3,(H,31,33). The second-order valence-corrected chi connectivity index (χ2v) is 8.74. The molecule has 1 N–H and O–H groups in total. The van der Waals surface area contributed by atoms with Gasteiger partial charge in [-0.25, -0.2) is 9.97 Å². The van der Waals surface area contributed by atoms with Gasteiger partial charge < -0.3 is 14.5 Å². The average molecular weight is 513 g/mol. The zero-order valence-corrected chi connectivity index (χ0v) is 20.5. The second-order valence-electron chi connectivity index (χ2n) is 8.30. The number of nitriles is 1. The van der Waals surface area contributed by atoms with Crippen LogP contribution in [0.4, 0.5) is 5.69 Å². The van der Waals surface area contributed by atoms with Crippen LogP contribution in [0.1, 0.15) is 28.8 Å². The van der Waals surface area contributed by atoms with Gasteiger partial charge in [0.1, 0.15) is 29.2 Å². The fourth-order valence-electron chi connectivity index (χ4n) is 3.77.